The van der Waals surface area contributed by atoms with Gasteiger partial charge in [0.15, 0.2) is 0 Å². The Kier molecular flexibility index (Phi) is 3.44. The van der Waals surface area contributed by atoms with Crippen molar-refractivity contribution in [2.24, 2.45) is 5.41 Å². The Morgan fingerprint density at radius 1 is 1.21 bits per heavy atom. The maximum atomic E-state index is 10.4. The predicted octanol–water partition coefficient (Wildman–Crippen LogP) is 0.976. The lowest BCUT2D eigenvalue weighted by atomic mass is 9.72. The average molecular weight is 308 g/mol. The zero-order chi connectivity index (χ0) is 10.0. The number of piperidine rings is 1. The van der Waals surface area contributed by atoms with E-state index in [9.17, 15) is 4.79 Å². The third-order valence-electron chi connectivity index (χ3n) is 3.54. The van der Waals surface area contributed by atoms with Crippen molar-refractivity contribution in [3.05, 3.63) is 0 Å². The van der Waals surface area contributed by atoms with Crippen LogP contribution in [0.25, 0.3) is 0 Å². The maximum absolute atomic E-state index is 10.4. The first-order chi connectivity index (χ1) is 6.78. The number of rotatable bonds is 3. The third-order valence-corrected chi connectivity index (χ3v) is 4.50. The van der Waals surface area contributed by atoms with Crippen LogP contribution in [0.3, 0.4) is 0 Å². The van der Waals surface area contributed by atoms with E-state index in [1.54, 1.807) is 0 Å². The summed E-state index contributed by atoms with van der Waals surface area (Å²) in [4.78, 5) is 15.1. The van der Waals surface area contributed by atoms with Crippen molar-refractivity contribution in [1.29, 1.82) is 0 Å². The van der Waals surface area contributed by atoms with Gasteiger partial charge < -0.3 is 4.79 Å². The fraction of sp³-hybridized carbons (Fsp3) is 0.900. The number of alkyl halides is 1. The van der Waals surface area contributed by atoms with Crippen LogP contribution in [0.5, 0.6) is 0 Å². The van der Waals surface area contributed by atoms with Crippen LogP contribution in [-0.2, 0) is 4.79 Å². The van der Waals surface area contributed by atoms with E-state index < -0.39 is 0 Å². The molecule has 2 aliphatic heterocycles. The summed E-state index contributed by atoms with van der Waals surface area (Å²) >= 11 is 2.43. The van der Waals surface area contributed by atoms with Gasteiger partial charge in [-0.25, -0.2) is 0 Å². The van der Waals surface area contributed by atoms with Crippen molar-refractivity contribution < 1.29 is 4.79 Å². The van der Waals surface area contributed by atoms with Crippen molar-refractivity contribution in [2.75, 3.05) is 37.3 Å². The molecule has 3 nitrogen and oxygen atoms in total. The summed E-state index contributed by atoms with van der Waals surface area (Å²) in [5.74, 6) is 0. The topological polar surface area (TPSA) is 23.6 Å². The first-order valence-electron chi connectivity index (χ1n) is 5.22. The molecule has 0 saturated carbocycles. The molecule has 0 aliphatic carbocycles. The number of carbonyl (C=O) groups is 1. The van der Waals surface area contributed by atoms with E-state index in [-0.39, 0.29) is 0 Å². The minimum absolute atomic E-state index is 0.616. The molecule has 0 amide bonds. The van der Waals surface area contributed by atoms with Crippen molar-refractivity contribution in [2.45, 2.75) is 12.8 Å². The molecule has 0 bridgehead atoms. The van der Waals surface area contributed by atoms with Gasteiger partial charge in [0, 0.05) is 13.1 Å². The molecular formula is C10H17IN2O. The Balaban J connectivity index is 1.77. The normalized spacial score (nSPS) is 27.5. The lowest BCUT2D eigenvalue weighted by Crippen LogP contribution is -2.59. The van der Waals surface area contributed by atoms with Crippen molar-refractivity contribution in [3.63, 3.8) is 0 Å². The van der Waals surface area contributed by atoms with E-state index in [4.69, 9.17) is 0 Å². The monoisotopic (exact) mass is 308 g/mol. The van der Waals surface area contributed by atoms with E-state index in [2.05, 4.69) is 32.4 Å². The second-order valence-electron chi connectivity index (χ2n) is 4.57. The number of hydrogen-bond donors (Lipinski definition) is 0. The molecule has 2 saturated heterocycles. The molecule has 2 fully saturated rings. The summed E-state index contributed by atoms with van der Waals surface area (Å²) in [6.07, 6.45) is 3.60. The molecule has 2 rings (SSSR count). The second kappa shape index (κ2) is 4.45. The number of halogens is 1. The van der Waals surface area contributed by atoms with Crippen molar-refractivity contribution in [1.82, 2.24) is 9.80 Å². The Hall–Kier alpha value is 0.320. The van der Waals surface area contributed by atoms with Crippen LogP contribution in [0.4, 0.5) is 0 Å². The van der Waals surface area contributed by atoms with Gasteiger partial charge in [0.05, 0.1) is 11.1 Å². The van der Waals surface area contributed by atoms with E-state index in [1.807, 2.05) is 0 Å². The Morgan fingerprint density at radius 2 is 1.86 bits per heavy atom. The molecule has 14 heavy (non-hydrogen) atoms. The molecule has 0 aromatic heterocycles. The summed E-state index contributed by atoms with van der Waals surface area (Å²) in [5.41, 5.74) is 0.616. The molecule has 0 radical (unpaired) electrons. The van der Waals surface area contributed by atoms with Gasteiger partial charge in [-0.3, -0.25) is 9.80 Å². The van der Waals surface area contributed by atoms with Crippen molar-refractivity contribution in [3.8, 4) is 0 Å². The van der Waals surface area contributed by atoms with Gasteiger partial charge in [-0.1, -0.05) is 22.6 Å². The molecule has 4 heteroatoms. The van der Waals surface area contributed by atoms with Gasteiger partial charge in [0.25, 0.3) is 0 Å². The van der Waals surface area contributed by atoms with Crippen LogP contribution in [0.1, 0.15) is 12.8 Å². The van der Waals surface area contributed by atoms with Gasteiger partial charge >= 0.3 is 0 Å². The molecule has 2 heterocycles. The van der Waals surface area contributed by atoms with E-state index in [0.29, 0.717) is 12.0 Å². The van der Waals surface area contributed by atoms with Crippen LogP contribution in [0.15, 0.2) is 0 Å². The second-order valence-corrected chi connectivity index (χ2v) is 5.26. The van der Waals surface area contributed by atoms with Gasteiger partial charge in [-0.05, 0) is 31.3 Å². The van der Waals surface area contributed by atoms with E-state index >= 15 is 0 Å². The fourth-order valence-corrected chi connectivity index (χ4v) is 3.10. The summed E-state index contributed by atoms with van der Waals surface area (Å²) in [5, 5.41) is 0. The van der Waals surface area contributed by atoms with Crippen LogP contribution >= 0.6 is 22.6 Å². The van der Waals surface area contributed by atoms with Crippen LogP contribution in [-0.4, -0.2) is 53.4 Å². The molecule has 2 aliphatic rings. The summed E-state index contributed by atoms with van der Waals surface area (Å²) in [6.45, 7) is 5.43. The van der Waals surface area contributed by atoms with E-state index in [1.165, 1.54) is 25.9 Å². The summed E-state index contributed by atoms with van der Waals surface area (Å²) < 4.78 is 1.16. The van der Waals surface area contributed by atoms with E-state index in [0.717, 1.165) is 23.9 Å². The number of aldehydes is 1. The van der Waals surface area contributed by atoms with Gasteiger partial charge in [-0.2, -0.15) is 0 Å². The fourth-order valence-electron chi connectivity index (χ4n) is 2.62. The van der Waals surface area contributed by atoms with Crippen molar-refractivity contribution >= 4 is 28.9 Å². The van der Waals surface area contributed by atoms with Gasteiger partial charge in [0.2, 0.25) is 0 Å². The lowest BCUT2D eigenvalue weighted by Gasteiger charge is -2.53. The number of carbonyl (C=O) groups excluding carboxylic acids is 1. The largest absolute Gasteiger partial charge is 0.302 e. The Bertz CT molecular complexity index is 206. The highest BCUT2D eigenvalue weighted by Gasteiger charge is 2.43. The van der Waals surface area contributed by atoms with Crippen LogP contribution in [0.2, 0.25) is 0 Å². The average Bonchev–Trinajstić information content (AvgIpc) is 2.16. The standard InChI is InChI=1S/C10H17IN2O/c11-9-13-7-10(8-13)1-3-12(4-2-10)5-6-14/h6H,1-5,7-9H2. The molecule has 1 spiro atoms. The minimum atomic E-state index is 0.616. The predicted molar refractivity (Wildman–Crippen MR) is 64.6 cm³/mol. The highest BCUT2D eigenvalue weighted by Crippen LogP contribution is 2.40. The lowest BCUT2D eigenvalue weighted by molar-refractivity contribution is -0.110. The minimum Gasteiger partial charge on any atom is -0.302 e. The maximum Gasteiger partial charge on any atom is 0.133 e. The third kappa shape index (κ3) is 2.12. The summed E-state index contributed by atoms with van der Waals surface area (Å²) in [7, 11) is 0. The number of likely N-dealkylation sites (tertiary alicyclic amines) is 2. The van der Waals surface area contributed by atoms with Gasteiger partial charge in [0.1, 0.15) is 6.29 Å². The highest BCUT2D eigenvalue weighted by atomic mass is 127. The molecule has 0 N–H and O–H groups in total. The Morgan fingerprint density at radius 3 is 2.36 bits per heavy atom. The zero-order valence-corrected chi connectivity index (χ0v) is 10.6. The van der Waals surface area contributed by atoms with Gasteiger partial charge in [-0.15, -0.1) is 0 Å². The molecular weight excluding hydrogens is 291 g/mol. The molecule has 0 unspecified atom stereocenters. The molecule has 80 valence electrons. The number of nitrogens with zero attached hydrogens (tertiary/aromatic N) is 2. The first-order valence-corrected chi connectivity index (χ1v) is 6.75. The molecule has 0 atom stereocenters. The number of hydrogen-bond acceptors (Lipinski definition) is 3. The molecule has 0 aromatic carbocycles. The van der Waals surface area contributed by atoms with Crippen LogP contribution in [0, 0.1) is 5.41 Å². The summed E-state index contributed by atoms with van der Waals surface area (Å²) in [6, 6.07) is 0. The highest BCUT2D eigenvalue weighted by molar-refractivity contribution is 14.1. The smallest absolute Gasteiger partial charge is 0.133 e. The molecule has 0 aromatic rings. The zero-order valence-electron chi connectivity index (χ0n) is 8.41. The van der Waals surface area contributed by atoms with Crippen LogP contribution < -0.4 is 0 Å². The SMILES string of the molecule is O=CCN1CCC2(CC1)CN(CI)C2. The first kappa shape index (κ1) is 10.8. The Labute approximate surface area is 99.0 Å². The quantitative estimate of drug-likeness (QED) is 0.336.